The van der Waals surface area contributed by atoms with Gasteiger partial charge in [0.1, 0.15) is 0 Å². The molecule has 4 unspecified atom stereocenters. The van der Waals surface area contributed by atoms with E-state index in [1.807, 2.05) is 14.1 Å². The van der Waals surface area contributed by atoms with Crippen LogP contribution in [0.3, 0.4) is 0 Å². The minimum absolute atomic E-state index is 0.237. The molecule has 0 aliphatic heterocycles. The van der Waals surface area contributed by atoms with E-state index in [-0.39, 0.29) is 11.2 Å². The SMILES string of the molecule is CCC(NC)C(C)(CC)[O][Cu][O]C(C)(CC)C(CC)NC. The molecule has 0 aromatic rings. The van der Waals surface area contributed by atoms with Crippen LogP contribution in [0.2, 0.25) is 0 Å². The molecule has 0 saturated carbocycles. The van der Waals surface area contributed by atoms with Gasteiger partial charge in [0.15, 0.2) is 0 Å². The summed E-state index contributed by atoms with van der Waals surface area (Å²) in [4.78, 5) is 0. The fraction of sp³-hybridized carbons (Fsp3) is 1.00. The van der Waals surface area contributed by atoms with E-state index >= 15 is 0 Å². The van der Waals surface area contributed by atoms with Gasteiger partial charge in [0.05, 0.1) is 0 Å². The minimum atomic E-state index is -0.237. The second kappa shape index (κ2) is 10.2. The molecule has 4 nitrogen and oxygen atoms in total. The summed E-state index contributed by atoms with van der Waals surface area (Å²) in [5.74, 6) is 0. The van der Waals surface area contributed by atoms with Gasteiger partial charge >= 0.3 is 138 Å². The summed E-state index contributed by atoms with van der Waals surface area (Å²) in [5, 5.41) is 6.68. The third kappa shape index (κ3) is 5.81. The van der Waals surface area contributed by atoms with Crippen molar-refractivity contribution >= 4 is 0 Å². The molecule has 0 saturated heterocycles. The zero-order valence-corrected chi connectivity index (χ0v) is 16.0. The Morgan fingerprint density at radius 2 is 1.14 bits per heavy atom. The van der Waals surface area contributed by atoms with E-state index in [0.717, 1.165) is 25.7 Å². The number of hydrogen-bond acceptors (Lipinski definition) is 4. The Morgan fingerprint density at radius 3 is 1.33 bits per heavy atom. The average molecular weight is 352 g/mol. The zero-order valence-electron chi connectivity index (χ0n) is 15.1. The summed E-state index contributed by atoms with van der Waals surface area (Å²) >= 11 is 1.26. The van der Waals surface area contributed by atoms with Crippen LogP contribution in [0, 0.1) is 0 Å². The Morgan fingerprint density at radius 1 is 0.810 bits per heavy atom. The Balaban J connectivity index is 4.68. The van der Waals surface area contributed by atoms with Gasteiger partial charge in [-0.2, -0.15) is 0 Å². The number of hydrogen-bond donors (Lipinski definition) is 2. The maximum absolute atomic E-state index is 6.05. The predicted octanol–water partition coefficient (Wildman–Crippen LogP) is 3.27. The standard InChI is InChI=1S/2C8H18NO.Cu/c2*1-5-7(9-4)8(3,10)6-2;/h2*7,9H,5-6H2,1-4H3;/q2*-1;+2. The molecule has 0 fully saturated rings. The molecular weight excluding hydrogens is 316 g/mol. The van der Waals surface area contributed by atoms with Gasteiger partial charge in [0.2, 0.25) is 0 Å². The Bertz CT molecular complexity index is 247. The summed E-state index contributed by atoms with van der Waals surface area (Å²) in [6.07, 6.45) is 3.93. The van der Waals surface area contributed by atoms with Crippen molar-refractivity contribution < 1.29 is 23.3 Å². The molecule has 2 N–H and O–H groups in total. The monoisotopic (exact) mass is 351 g/mol. The first-order valence-corrected chi connectivity index (χ1v) is 8.93. The molecule has 133 valence electrons. The average Bonchev–Trinajstić information content (AvgIpc) is 2.49. The van der Waals surface area contributed by atoms with Crippen molar-refractivity contribution in [2.24, 2.45) is 0 Å². The molecular formula is C16H36CuN2O2. The van der Waals surface area contributed by atoms with Gasteiger partial charge in [-0.1, -0.05) is 0 Å². The van der Waals surface area contributed by atoms with Crippen molar-refractivity contribution in [2.75, 3.05) is 14.1 Å². The van der Waals surface area contributed by atoms with Crippen LogP contribution < -0.4 is 10.6 Å². The van der Waals surface area contributed by atoms with Gasteiger partial charge in [-0.25, -0.2) is 0 Å². The number of nitrogens with one attached hydrogen (secondary N) is 2. The quantitative estimate of drug-likeness (QED) is 0.529. The van der Waals surface area contributed by atoms with Crippen LogP contribution in [-0.2, 0) is 23.3 Å². The second-order valence-electron chi connectivity index (χ2n) is 6.00. The first kappa shape index (κ1) is 21.4. The number of likely N-dealkylation sites (N-methyl/N-ethyl adjacent to an activating group) is 2. The Labute approximate surface area is 138 Å². The molecule has 5 heteroatoms. The van der Waals surface area contributed by atoms with E-state index in [1.165, 1.54) is 15.6 Å². The van der Waals surface area contributed by atoms with Gasteiger partial charge in [0.25, 0.3) is 0 Å². The van der Waals surface area contributed by atoms with Crippen LogP contribution >= 0.6 is 0 Å². The molecule has 0 bridgehead atoms. The Kier molecular flexibility index (Phi) is 10.4. The first-order valence-electron chi connectivity index (χ1n) is 8.16. The molecule has 21 heavy (non-hydrogen) atoms. The van der Waals surface area contributed by atoms with Crippen molar-refractivity contribution in [1.29, 1.82) is 0 Å². The van der Waals surface area contributed by atoms with Crippen LogP contribution in [0.25, 0.3) is 0 Å². The second-order valence-corrected chi connectivity index (χ2v) is 6.55. The molecule has 0 aliphatic carbocycles. The van der Waals surface area contributed by atoms with Crippen molar-refractivity contribution in [1.82, 2.24) is 10.6 Å². The zero-order chi connectivity index (χ0) is 16.5. The van der Waals surface area contributed by atoms with Gasteiger partial charge in [-0.05, 0) is 0 Å². The summed E-state index contributed by atoms with van der Waals surface area (Å²) < 4.78 is 12.1. The molecule has 0 aromatic heterocycles. The fourth-order valence-electron chi connectivity index (χ4n) is 2.68. The molecule has 4 atom stereocenters. The molecule has 0 spiro atoms. The molecule has 0 radical (unpaired) electrons. The summed E-state index contributed by atoms with van der Waals surface area (Å²) in [5.41, 5.74) is -0.473. The fourth-order valence-corrected chi connectivity index (χ4v) is 3.61. The van der Waals surface area contributed by atoms with Crippen LogP contribution in [0.4, 0.5) is 0 Å². The molecule has 0 rings (SSSR count). The predicted molar refractivity (Wildman–Crippen MR) is 85.8 cm³/mol. The van der Waals surface area contributed by atoms with Crippen molar-refractivity contribution in [2.45, 2.75) is 90.5 Å². The van der Waals surface area contributed by atoms with Crippen molar-refractivity contribution in [3.8, 4) is 0 Å². The van der Waals surface area contributed by atoms with Crippen molar-refractivity contribution in [3.63, 3.8) is 0 Å². The topological polar surface area (TPSA) is 42.5 Å². The van der Waals surface area contributed by atoms with E-state index in [4.69, 9.17) is 7.64 Å². The van der Waals surface area contributed by atoms with E-state index in [0.29, 0.717) is 12.1 Å². The third-order valence-electron chi connectivity index (χ3n) is 4.72. The van der Waals surface area contributed by atoms with E-state index < -0.39 is 0 Å². The first-order chi connectivity index (χ1) is 9.87. The Hall–Kier alpha value is 0.359. The molecule has 0 aliphatic rings. The van der Waals surface area contributed by atoms with Gasteiger partial charge in [0, 0.05) is 0 Å². The van der Waals surface area contributed by atoms with Gasteiger partial charge in [-0.3, -0.25) is 0 Å². The van der Waals surface area contributed by atoms with E-state index in [2.05, 4.69) is 52.2 Å². The van der Waals surface area contributed by atoms with Crippen molar-refractivity contribution in [3.05, 3.63) is 0 Å². The summed E-state index contributed by atoms with van der Waals surface area (Å²) in [6, 6.07) is 0.630. The van der Waals surface area contributed by atoms with E-state index in [1.54, 1.807) is 0 Å². The normalized spacial score (nSPS) is 20.8. The summed E-state index contributed by atoms with van der Waals surface area (Å²) in [7, 11) is 3.97. The van der Waals surface area contributed by atoms with Crippen LogP contribution in [-0.4, -0.2) is 37.4 Å². The van der Waals surface area contributed by atoms with Crippen LogP contribution in [0.5, 0.6) is 0 Å². The van der Waals surface area contributed by atoms with Crippen LogP contribution in [0.15, 0.2) is 0 Å². The van der Waals surface area contributed by atoms with Gasteiger partial charge in [-0.15, -0.1) is 0 Å². The van der Waals surface area contributed by atoms with Gasteiger partial charge < -0.3 is 0 Å². The number of rotatable bonds is 12. The van der Waals surface area contributed by atoms with E-state index in [9.17, 15) is 0 Å². The summed E-state index contributed by atoms with van der Waals surface area (Å²) in [6.45, 7) is 12.9. The maximum atomic E-state index is 6.05. The third-order valence-corrected chi connectivity index (χ3v) is 5.76. The molecule has 0 amide bonds. The van der Waals surface area contributed by atoms with Crippen LogP contribution in [0.1, 0.15) is 67.2 Å². The molecule has 0 heterocycles. The molecule has 0 aromatic carbocycles.